The van der Waals surface area contributed by atoms with Crippen molar-refractivity contribution in [2.45, 2.75) is 13.0 Å². The molecule has 1 amide bonds. The molecule has 0 bridgehead atoms. The fourth-order valence-corrected chi connectivity index (χ4v) is 2.47. The van der Waals surface area contributed by atoms with Crippen molar-refractivity contribution in [3.8, 4) is 5.75 Å². The third-order valence-corrected chi connectivity index (χ3v) is 3.68. The number of nitrogens with one attached hydrogen (secondary N) is 1. The van der Waals surface area contributed by atoms with Gasteiger partial charge in [-0.25, -0.2) is 0 Å². The first-order chi connectivity index (χ1) is 10.9. The Balaban J connectivity index is 2.05. The number of anilines is 1. The van der Waals surface area contributed by atoms with E-state index in [9.17, 15) is 14.9 Å². The average Bonchev–Trinajstić information content (AvgIpc) is 2.50. The number of rotatable bonds is 5. The Morgan fingerprint density at radius 3 is 2.74 bits per heavy atom. The highest BCUT2D eigenvalue weighted by molar-refractivity contribution is 9.10. The van der Waals surface area contributed by atoms with E-state index in [2.05, 4.69) is 21.2 Å². The molecule has 0 spiro atoms. The number of ether oxygens (including phenoxy) is 1. The van der Waals surface area contributed by atoms with Gasteiger partial charge in [-0.15, -0.1) is 0 Å². The molecular formula is C15H12BrClN2O4. The molecule has 8 heteroatoms. The van der Waals surface area contributed by atoms with Gasteiger partial charge in [0.05, 0.1) is 9.95 Å². The number of non-ortho nitro benzene ring substituents is 1. The fourth-order valence-electron chi connectivity index (χ4n) is 1.76. The molecule has 2 aromatic rings. The second-order valence-electron chi connectivity index (χ2n) is 4.63. The maximum absolute atomic E-state index is 12.1. The van der Waals surface area contributed by atoms with Crippen LogP contribution in [0.4, 0.5) is 11.4 Å². The molecule has 120 valence electrons. The molecular weight excluding hydrogens is 388 g/mol. The lowest BCUT2D eigenvalue weighted by Gasteiger charge is -2.15. The third-order valence-electron chi connectivity index (χ3n) is 2.89. The average molecular weight is 400 g/mol. The van der Waals surface area contributed by atoms with E-state index in [0.29, 0.717) is 16.5 Å². The van der Waals surface area contributed by atoms with E-state index >= 15 is 0 Å². The smallest absolute Gasteiger partial charge is 0.271 e. The van der Waals surface area contributed by atoms with Crippen LogP contribution in [-0.2, 0) is 4.79 Å². The number of hydrogen-bond donors (Lipinski definition) is 1. The van der Waals surface area contributed by atoms with Crippen molar-refractivity contribution < 1.29 is 14.5 Å². The van der Waals surface area contributed by atoms with E-state index in [1.165, 1.54) is 18.2 Å². The highest BCUT2D eigenvalue weighted by Gasteiger charge is 2.17. The van der Waals surface area contributed by atoms with Crippen molar-refractivity contribution in [1.29, 1.82) is 0 Å². The second-order valence-corrected chi connectivity index (χ2v) is 5.95. The van der Waals surface area contributed by atoms with Gasteiger partial charge in [-0.1, -0.05) is 33.6 Å². The Morgan fingerprint density at radius 2 is 2.09 bits per heavy atom. The minimum absolute atomic E-state index is 0.104. The van der Waals surface area contributed by atoms with E-state index in [1.807, 2.05) is 0 Å². The summed E-state index contributed by atoms with van der Waals surface area (Å²) in [5.74, 6) is -0.0685. The predicted octanol–water partition coefficient (Wildman–Crippen LogP) is 4.42. The highest BCUT2D eigenvalue weighted by Crippen LogP contribution is 2.28. The minimum Gasteiger partial charge on any atom is -0.479 e. The van der Waals surface area contributed by atoms with Crippen LogP contribution in [0.15, 0.2) is 46.9 Å². The maximum Gasteiger partial charge on any atom is 0.271 e. The standard InChI is InChI=1S/C15H12BrClN2O4/c1-9(23-14-6-5-10(16)7-13(14)17)15(20)18-11-3-2-4-12(8-11)19(21)22/h2-9H,1H3,(H,18,20). The molecule has 6 nitrogen and oxygen atoms in total. The van der Waals surface area contributed by atoms with Crippen LogP contribution in [0.1, 0.15) is 6.92 Å². The number of halogens is 2. The number of hydrogen-bond acceptors (Lipinski definition) is 4. The van der Waals surface area contributed by atoms with Crippen LogP contribution < -0.4 is 10.1 Å². The lowest BCUT2D eigenvalue weighted by molar-refractivity contribution is -0.384. The van der Waals surface area contributed by atoms with Crippen LogP contribution >= 0.6 is 27.5 Å². The fraction of sp³-hybridized carbons (Fsp3) is 0.133. The van der Waals surface area contributed by atoms with Crippen molar-refractivity contribution in [3.63, 3.8) is 0 Å². The van der Waals surface area contributed by atoms with E-state index in [4.69, 9.17) is 16.3 Å². The van der Waals surface area contributed by atoms with Gasteiger partial charge in [0.1, 0.15) is 5.75 Å². The summed E-state index contributed by atoms with van der Waals surface area (Å²) in [6, 6.07) is 10.7. The molecule has 0 aliphatic carbocycles. The van der Waals surface area contributed by atoms with E-state index in [-0.39, 0.29) is 5.69 Å². The Kier molecular flexibility index (Phi) is 5.57. The molecule has 0 aliphatic heterocycles. The first-order valence-corrected chi connectivity index (χ1v) is 7.71. The second kappa shape index (κ2) is 7.43. The molecule has 23 heavy (non-hydrogen) atoms. The molecule has 2 aromatic carbocycles. The number of carbonyl (C=O) groups excluding carboxylic acids is 1. The van der Waals surface area contributed by atoms with Crippen molar-refractivity contribution >= 4 is 44.8 Å². The topological polar surface area (TPSA) is 81.5 Å². The molecule has 1 N–H and O–H groups in total. The predicted molar refractivity (Wildman–Crippen MR) is 91.0 cm³/mol. The molecule has 0 radical (unpaired) electrons. The lowest BCUT2D eigenvalue weighted by atomic mass is 10.2. The van der Waals surface area contributed by atoms with Crippen LogP contribution in [0, 0.1) is 10.1 Å². The summed E-state index contributed by atoms with van der Waals surface area (Å²) >= 11 is 9.31. The van der Waals surface area contributed by atoms with Gasteiger partial charge in [0, 0.05) is 22.3 Å². The minimum atomic E-state index is -0.826. The molecule has 0 saturated carbocycles. The summed E-state index contributed by atoms with van der Waals surface area (Å²) < 4.78 is 6.31. The monoisotopic (exact) mass is 398 g/mol. The van der Waals surface area contributed by atoms with E-state index in [1.54, 1.807) is 31.2 Å². The van der Waals surface area contributed by atoms with Gasteiger partial charge in [-0.05, 0) is 31.2 Å². The Hall–Kier alpha value is -2.12. The summed E-state index contributed by atoms with van der Waals surface area (Å²) in [4.78, 5) is 22.3. The van der Waals surface area contributed by atoms with E-state index in [0.717, 1.165) is 4.47 Å². The third kappa shape index (κ3) is 4.67. The molecule has 2 rings (SSSR count). The number of benzene rings is 2. The summed E-state index contributed by atoms with van der Waals surface area (Å²) in [6.07, 6.45) is -0.826. The molecule has 0 aromatic heterocycles. The highest BCUT2D eigenvalue weighted by atomic mass is 79.9. The molecule has 0 aliphatic rings. The number of nitro benzene ring substituents is 1. The quantitative estimate of drug-likeness (QED) is 0.596. The SMILES string of the molecule is CC(Oc1ccc(Br)cc1Cl)C(=O)Nc1cccc([N+](=O)[O-])c1. The summed E-state index contributed by atoms with van der Waals surface area (Å²) in [7, 11) is 0. The zero-order chi connectivity index (χ0) is 17.0. The van der Waals surface area contributed by atoms with Crippen LogP contribution in [-0.4, -0.2) is 16.9 Å². The zero-order valence-electron chi connectivity index (χ0n) is 12.0. The van der Waals surface area contributed by atoms with Crippen LogP contribution in [0.25, 0.3) is 0 Å². The van der Waals surface area contributed by atoms with Gasteiger partial charge in [-0.3, -0.25) is 14.9 Å². The zero-order valence-corrected chi connectivity index (χ0v) is 14.3. The van der Waals surface area contributed by atoms with Crippen LogP contribution in [0.3, 0.4) is 0 Å². The van der Waals surface area contributed by atoms with Gasteiger partial charge in [-0.2, -0.15) is 0 Å². The van der Waals surface area contributed by atoms with Gasteiger partial charge in [0.2, 0.25) is 0 Å². The Labute approximate surface area is 145 Å². The lowest BCUT2D eigenvalue weighted by Crippen LogP contribution is -2.30. The van der Waals surface area contributed by atoms with Crippen molar-refractivity contribution in [3.05, 3.63) is 62.1 Å². The summed E-state index contributed by atoms with van der Waals surface area (Å²) in [6.45, 7) is 1.56. The Bertz CT molecular complexity index is 754. The van der Waals surface area contributed by atoms with Crippen molar-refractivity contribution in [1.82, 2.24) is 0 Å². The molecule has 0 fully saturated rings. The van der Waals surface area contributed by atoms with Crippen LogP contribution in [0.5, 0.6) is 5.75 Å². The molecule has 1 unspecified atom stereocenters. The number of amides is 1. The summed E-state index contributed by atoms with van der Waals surface area (Å²) in [5.41, 5.74) is 0.217. The maximum atomic E-state index is 12.1. The molecule has 0 saturated heterocycles. The number of nitrogens with zero attached hydrogens (tertiary/aromatic N) is 1. The van der Waals surface area contributed by atoms with Gasteiger partial charge < -0.3 is 10.1 Å². The largest absolute Gasteiger partial charge is 0.479 e. The number of carbonyl (C=O) groups is 1. The molecule has 0 heterocycles. The van der Waals surface area contributed by atoms with Crippen LogP contribution in [0.2, 0.25) is 5.02 Å². The van der Waals surface area contributed by atoms with Crippen molar-refractivity contribution in [2.24, 2.45) is 0 Å². The first kappa shape index (κ1) is 17.2. The summed E-state index contributed by atoms with van der Waals surface area (Å²) in [5, 5.41) is 13.7. The van der Waals surface area contributed by atoms with Gasteiger partial charge in [0.25, 0.3) is 11.6 Å². The normalized spacial score (nSPS) is 11.6. The van der Waals surface area contributed by atoms with Crippen molar-refractivity contribution in [2.75, 3.05) is 5.32 Å². The molecule has 1 atom stereocenters. The first-order valence-electron chi connectivity index (χ1n) is 6.54. The van der Waals surface area contributed by atoms with Gasteiger partial charge >= 0.3 is 0 Å². The van der Waals surface area contributed by atoms with Gasteiger partial charge in [0.15, 0.2) is 6.10 Å². The Morgan fingerprint density at radius 1 is 1.35 bits per heavy atom. The number of nitro groups is 1. The van der Waals surface area contributed by atoms with E-state index < -0.39 is 16.9 Å².